The van der Waals surface area contributed by atoms with Crippen molar-refractivity contribution in [3.8, 4) is 0 Å². The first-order chi connectivity index (χ1) is 16.2. The van der Waals surface area contributed by atoms with Gasteiger partial charge in [-0.25, -0.2) is 9.59 Å². The number of urea groups is 2. The number of anilines is 3. The monoisotopic (exact) mass is 498 g/mol. The Morgan fingerprint density at radius 2 is 1.41 bits per heavy atom. The van der Waals surface area contributed by atoms with Gasteiger partial charge < -0.3 is 10.6 Å². The van der Waals surface area contributed by atoms with Gasteiger partial charge in [0.05, 0.1) is 10.6 Å². The Hall–Kier alpha value is -3.55. The maximum absolute atomic E-state index is 12.9. The van der Waals surface area contributed by atoms with E-state index in [1.54, 1.807) is 71.6 Å². The Balaban J connectivity index is 1.61. The fourth-order valence-corrected chi connectivity index (χ4v) is 3.45. The zero-order valence-corrected chi connectivity index (χ0v) is 20.2. The van der Waals surface area contributed by atoms with Crippen molar-refractivity contribution < 1.29 is 14.4 Å². The average Bonchev–Trinajstić information content (AvgIpc) is 2.79. The van der Waals surface area contributed by atoms with Gasteiger partial charge in [0.15, 0.2) is 0 Å². The molecule has 3 N–H and O–H groups in total. The van der Waals surface area contributed by atoms with E-state index in [1.165, 1.54) is 6.07 Å². The Morgan fingerprint density at radius 1 is 0.824 bits per heavy atom. The van der Waals surface area contributed by atoms with Gasteiger partial charge in [-0.3, -0.25) is 15.0 Å². The molecular formula is C25H24Cl2N4O3. The minimum Gasteiger partial charge on any atom is -0.308 e. The van der Waals surface area contributed by atoms with E-state index in [2.05, 4.69) is 16.0 Å². The van der Waals surface area contributed by atoms with Gasteiger partial charge in [-0.15, -0.1) is 0 Å². The number of hydrogen-bond acceptors (Lipinski definition) is 3. The maximum atomic E-state index is 12.9. The summed E-state index contributed by atoms with van der Waals surface area (Å²) in [7, 11) is 0. The molecule has 0 aliphatic carbocycles. The quantitative estimate of drug-likeness (QED) is 0.355. The van der Waals surface area contributed by atoms with Crippen molar-refractivity contribution in [1.82, 2.24) is 5.32 Å². The number of benzene rings is 3. The highest BCUT2D eigenvalue weighted by Crippen LogP contribution is 2.21. The van der Waals surface area contributed by atoms with E-state index in [-0.39, 0.29) is 22.5 Å². The van der Waals surface area contributed by atoms with E-state index in [4.69, 9.17) is 23.2 Å². The Kier molecular flexibility index (Phi) is 8.51. The van der Waals surface area contributed by atoms with Crippen molar-refractivity contribution in [3.63, 3.8) is 0 Å². The summed E-state index contributed by atoms with van der Waals surface area (Å²) in [6.07, 6.45) is 0. The van der Waals surface area contributed by atoms with Crippen LogP contribution in [-0.2, 0) is 0 Å². The van der Waals surface area contributed by atoms with E-state index in [0.29, 0.717) is 22.9 Å². The summed E-state index contributed by atoms with van der Waals surface area (Å²) in [5, 5.41) is 8.50. The van der Waals surface area contributed by atoms with Gasteiger partial charge in [0.2, 0.25) is 0 Å². The van der Waals surface area contributed by atoms with E-state index >= 15 is 0 Å². The van der Waals surface area contributed by atoms with Crippen molar-refractivity contribution in [2.75, 3.05) is 22.1 Å². The lowest BCUT2D eigenvalue weighted by Crippen LogP contribution is -2.37. The smallest absolute Gasteiger partial charge is 0.308 e. The highest BCUT2D eigenvalue weighted by atomic mass is 35.5. The summed E-state index contributed by atoms with van der Waals surface area (Å²) < 4.78 is 0. The number of nitrogens with zero attached hydrogens (tertiary/aromatic N) is 1. The number of carbonyl (C=O) groups excluding carboxylic acids is 3. The van der Waals surface area contributed by atoms with Gasteiger partial charge in [-0.1, -0.05) is 49.2 Å². The molecule has 0 radical (unpaired) electrons. The van der Waals surface area contributed by atoms with E-state index in [1.807, 2.05) is 13.8 Å². The zero-order valence-electron chi connectivity index (χ0n) is 18.6. The zero-order chi connectivity index (χ0) is 24.7. The van der Waals surface area contributed by atoms with Crippen LogP contribution in [0.25, 0.3) is 0 Å². The molecule has 3 rings (SSSR count). The molecule has 5 amide bonds. The topological polar surface area (TPSA) is 90.5 Å². The second-order valence-corrected chi connectivity index (χ2v) is 8.72. The molecule has 7 nitrogen and oxygen atoms in total. The van der Waals surface area contributed by atoms with E-state index in [9.17, 15) is 14.4 Å². The predicted octanol–water partition coefficient (Wildman–Crippen LogP) is 6.65. The minimum atomic E-state index is -0.701. The largest absolute Gasteiger partial charge is 0.326 e. The molecule has 176 valence electrons. The van der Waals surface area contributed by atoms with Crippen LogP contribution >= 0.6 is 23.2 Å². The van der Waals surface area contributed by atoms with Gasteiger partial charge in [0.25, 0.3) is 5.91 Å². The molecule has 34 heavy (non-hydrogen) atoms. The first-order valence-electron chi connectivity index (χ1n) is 10.5. The lowest BCUT2D eigenvalue weighted by Gasteiger charge is -2.25. The number of imide groups is 1. The fraction of sp³-hybridized carbons (Fsp3) is 0.160. The van der Waals surface area contributed by atoms with Crippen LogP contribution in [0.15, 0.2) is 72.8 Å². The molecule has 9 heteroatoms. The lowest BCUT2D eigenvalue weighted by atomic mass is 10.2. The first-order valence-corrected chi connectivity index (χ1v) is 11.3. The number of amides is 5. The Bertz CT molecular complexity index is 1170. The standard InChI is InChI=1S/C25H24Cl2N4O3/c1-16(2)15-31(20-13-7-17(26)8-14-20)25(34)29-19-11-9-18(10-12-19)28-24(33)30-23(32)21-5-3-4-6-22(21)27/h3-14,16H,15H2,1-2H3,(H,29,34)(H2,28,30,32,33). The molecule has 0 spiro atoms. The van der Waals surface area contributed by atoms with Crippen molar-refractivity contribution in [1.29, 1.82) is 0 Å². The van der Waals surface area contributed by atoms with Crippen LogP contribution in [0, 0.1) is 5.92 Å². The second-order valence-electron chi connectivity index (χ2n) is 7.88. The summed E-state index contributed by atoms with van der Waals surface area (Å²) in [6, 6.07) is 19.0. The third-order valence-corrected chi connectivity index (χ3v) is 5.25. The summed E-state index contributed by atoms with van der Waals surface area (Å²) >= 11 is 12.0. The number of nitrogens with one attached hydrogen (secondary N) is 3. The van der Waals surface area contributed by atoms with Crippen LogP contribution in [0.4, 0.5) is 26.7 Å². The third kappa shape index (κ3) is 6.97. The average molecular weight is 499 g/mol. The summed E-state index contributed by atoms with van der Waals surface area (Å²) in [5.74, 6) is -0.362. The van der Waals surface area contributed by atoms with Gasteiger partial charge in [0.1, 0.15) is 0 Å². The van der Waals surface area contributed by atoms with Crippen molar-refractivity contribution >= 4 is 58.2 Å². The van der Waals surface area contributed by atoms with E-state index < -0.39 is 11.9 Å². The first kappa shape index (κ1) is 25.1. The molecule has 0 fully saturated rings. The van der Waals surface area contributed by atoms with Gasteiger partial charge in [0, 0.05) is 28.6 Å². The second kappa shape index (κ2) is 11.5. The number of halogens is 2. The lowest BCUT2D eigenvalue weighted by molar-refractivity contribution is 0.0967. The Labute approximate surface area is 208 Å². The predicted molar refractivity (Wildman–Crippen MR) is 137 cm³/mol. The summed E-state index contributed by atoms with van der Waals surface area (Å²) in [5.41, 5.74) is 1.92. The molecule has 0 aliphatic rings. The van der Waals surface area contributed by atoms with Crippen LogP contribution in [0.3, 0.4) is 0 Å². The SMILES string of the molecule is CC(C)CN(C(=O)Nc1ccc(NC(=O)NC(=O)c2ccccc2Cl)cc1)c1ccc(Cl)cc1. The maximum Gasteiger partial charge on any atom is 0.326 e. The minimum absolute atomic E-state index is 0.198. The Morgan fingerprint density at radius 3 is 2.00 bits per heavy atom. The molecule has 0 saturated carbocycles. The molecular weight excluding hydrogens is 475 g/mol. The van der Waals surface area contributed by atoms with Crippen molar-refractivity contribution in [2.24, 2.45) is 5.92 Å². The molecule has 0 aliphatic heterocycles. The van der Waals surface area contributed by atoms with Crippen molar-refractivity contribution in [3.05, 3.63) is 88.4 Å². The molecule has 3 aromatic rings. The van der Waals surface area contributed by atoms with Gasteiger partial charge in [-0.05, 0) is 66.6 Å². The summed E-state index contributed by atoms with van der Waals surface area (Å²) in [6.45, 7) is 4.57. The normalized spacial score (nSPS) is 10.5. The highest BCUT2D eigenvalue weighted by Gasteiger charge is 2.18. The van der Waals surface area contributed by atoms with Crippen LogP contribution in [0.1, 0.15) is 24.2 Å². The summed E-state index contributed by atoms with van der Waals surface area (Å²) in [4.78, 5) is 38.9. The number of hydrogen-bond donors (Lipinski definition) is 3. The molecule has 0 atom stereocenters. The molecule has 0 aromatic heterocycles. The van der Waals surface area contributed by atoms with Gasteiger partial charge >= 0.3 is 12.1 Å². The van der Waals surface area contributed by atoms with Crippen LogP contribution in [0.5, 0.6) is 0 Å². The molecule has 0 bridgehead atoms. The number of carbonyl (C=O) groups is 3. The number of rotatable bonds is 6. The molecule has 0 heterocycles. The van der Waals surface area contributed by atoms with Crippen molar-refractivity contribution in [2.45, 2.75) is 13.8 Å². The highest BCUT2D eigenvalue weighted by molar-refractivity contribution is 6.34. The third-order valence-electron chi connectivity index (χ3n) is 4.67. The molecule has 3 aromatic carbocycles. The van der Waals surface area contributed by atoms with E-state index in [0.717, 1.165) is 5.69 Å². The van der Waals surface area contributed by atoms with Crippen LogP contribution in [-0.4, -0.2) is 24.5 Å². The van der Waals surface area contributed by atoms with Crippen LogP contribution < -0.4 is 20.9 Å². The van der Waals surface area contributed by atoms with Crippen LogP contribution in [0.2, 0.25) is 10.0 Å². The van der Waals surface area contributed by atoms with Gasteiger partial charge in [-0.2, -0.15) is 0 Å². The molecule has 0 unspecified atom stereocenters. The fourth-order valence-electron chi connectivity index (χ4n) is 3.10. The molecule has 0 saturated heterocycles.